The van der Waals surface area contributed by atoms with Crippen molar-refractivity contribution in [2.24, 2.45) is 0 Å². The number of carboxylic acids is 1. The fourth-order valence-electron chi connectivity index (χ4n) is 2.15. The van der Waals surface area contributed by atoms with Crippen LogP contribution in [0.5, 0.6) is 0 Å². The Labute approximate surface area is 119 Å². The molecule has 4 nitrogen and oxygen atoms in total. The number of hydrogen-bond donors (Lipinski definition) is 1. The highest BCUT2D eigenvalue weighted by molar-refractivity contribution is 5.68. The number of ether oxygens (including phenoxy) is 1. The lowest BCUT2D eigenvalue weighted by atomic mass is 9.96. The van der Waals surface area contributed by atoms with Gasteiger partial charge in [0.1, 0.15) is 0 Å². The summed E-state index contributed by atoms with van der Waals surface area (Å²) in [6.45, 7) is 3.96. The molecule has 1 fully saturated rings. The minimum atomic E-state index is -0.820. The number of nitrogens with zero attached hydrogens (tertiary/aromatic N) is 1. The predicted octanol–water partition coefficient (Wildman–Crippen LogP) is 1.58. The first-order valence-electron chi connectivity index (χ1n) is 6.81. The number of morpholine rings is 1. The lowest BCUT2D eigenvalue weighted by molar-refractivity contribution is -0.137. The highest BCUT2D eigenvalue weighted by atomic mass is 16.5. The number of aliphatic carboxylic acids is 1. The second kappa shape index (κ2) is 7.68. The lowest BCUT2D eigenvalue weighted by Crippen LogP contribution is -2.36. The van der Waals surface area contributed by atoms with Gasteiger partial charge < -0.3 is 9.84 Å². The smallest absolute Gasteiger partial charge is 0.304 e. The summed E-state index contributed by atoms with van der Waals surface area (Å²) in [7, 11) is 0. The fourth-order valence-corrected chi connectivity index (χ4v) is 2.15. The number of carbonyl (C=O) groups is 1. The molecule has 0 spiro atoms. The van der Waals surface area contributed by atoms with Crippen molar-refractivity contribution in [2.45, 2.75) is 12.3 Å². The zero-order chi connectivity index (χ0) is 14.2. The van der Waals surface area contributed by atoms with Crippen LogP contribution in [0.15, 0.2) is 30.3 Å². The molecule has 0 saturated carbocycles. The van der Waals surface area contributed by atoms with E-state index < -0.39 is 5.97 Å². The minimum Gasteiger partial charge on any atom is -0.481 e. The van der Waals surface area contributed by atoms with Gasteiger partial charge in [-0.15, -0.1) is 0 Å². The normalized spacial score (nSPS) is 17.0. The van der Waals surface area contributed by atoms with Gasteiger partial charge in [-0.25, -0.2) is 0 Å². The van der Waals surface area contributed by atoms with Crippen molar-refractivity contribution >= 4 is 5.97 Å². The molecule has 20 heavy (non-hydrogen) atoms. The Kier molecular flexibility index (Phi) is 5.60. The third kappa shape index (κ3) is 4.69. The molecule has 0 bridgehead atoms. The molecule has 1 aromatic rings. The summed E-state index contributed by atoms with van der Waals surface area (Å²) in [6, 6.07) is 9.60. The average Bonchev–Trinajstić information content (AvgIpc) is 2.48. The van der Waals surface area contributed by atoms with Crippen LogP contribution in [0.25, 0.3) is 0 Å². The third-order valence-corrected chi connectivity index (χ3v) is 3.26. The zero-order valence-corrected chi connectivity index (χ0v) is 11.4. The van der Waals surface area contributed by atoms with E-state index in [2.05, 4.69) is 16.7 Å². The molecule has 106 valence electrons. The summed E-state index contributed by atoms with van der Waals surface area (Å²) in [5, 5.41) is 9.00. The van der Waals surface area contributed by atoms with Gasteiger partial charge in [0.25, 0.3) is 0 Å². The minimum absolute atomic E-state index is 0.0418. The average molecular weight is 273 g/mol. The van der Waals surface area contributed by atoms with Gasteiger partial charge in [-0.2, -0.15) is 0 Å². The van der Waals surface area contributed by atoms with E-state index in [1.165, 1.54) is 0 Å². The molecule has 1 atom stereocenters. The second-order valence-corrected chi connectivity index (χ2v) is 4.77. The van der Waals surface area contributed by atoms with Crippen LogP contribution in [0.4, 0.5) is 0 Å². The molecule has 1 unspecified atom stereocenters. The highest BCUT2D eigenvalue weighted by Gasteiger charge is 2.13. The van der Waals surface area contributed by atoms with Crippen molar-refractivity contribution in [1.82, 2.24) is 4.90 Å². The van der Waals surface area contributed by atoms with E-state index in [0.29, 0.717) is 6.54 Å². The van der Waals surface area contributed by atoms with Crippen molar-refractivity contribution < 1.29 is 14.6 Å². The Hall–Kier alpha value is -1.83. The molecule has 1 aliphatic heterocycles. The van der Waals surface area contributed by atoms with Crippen LogP contribution in [0.3, 0.4) is 0 Å². The van der Waals surface area contributed by atoms with E-state index >= 15 is 0 Å². The van der Waals surface area contributed by atoms with Gasteiger partial charge >= 0.3 is 5.97 Å². The van der Waals surface area contributed by atoms with Gasteiger partial charge in [0.05, 0.1) is 32.1 Å². The quantitative estimate of drug-likeness (QED) is 0.846. The molecule has 0 aliphatic carbocycles. The predicted molar refractivity (Wildman–Crippen MR) is 76.5 cm³/mol. The standard InChI is InChI=1S/C16H19NO3/c18-16(19)13-15(14-5-2-1-3-6-14)7-4-8-17-9-11-20-12-10-17/h1-3,5-6,15H,8-13H2,(H,18,19). The van der Waals surface area contributed by atoms with Crippen LogP contribution in [-0.2, 0) is 9.53 Å². The van der Waals surface area contributed by atoms with E-state index in [0.717, 1.165) is 31.9 Å². The van der Waals surface area contributed by atoms with Gasteiger partial charge in [-0.05, 0) is 5.56 Å². The summed E-state index contributed by atoms with van der Waals surface area (Å²) < 4.78 is 5.28. The van der Waals surface area contributed by atoms with Crippen molar-refractivity contribution in [3.63, 3.8) is 0 Å². The second-order valence-electron chi connectivity index (χ2n) is 4.77. The molecule has 2 rings (SSSR count). The number of carboxylic acid groups (broad SMARTS) is 1. The first-order chi connectivity index (χ1) is 9.75. The summed E-state index contributed by atoms with van der Waals surface area (Å²) in [5.41, 5.74) is 0.962. The summed E-state index contributed by atoms with van der Waals surface area (Å²) in [4.78, 5) is 13.2. The Morgan fingerprint density at radius 3 is 2.65 bits per heavy atom. The molecule has 1 aromatic carbocycles. The maximum atomic E-state index is 11.0. The molecule has 1 heterocycles. The third-order valence-electron chi connectivity index (χ3n) is 3.26. The van der Waals surface area contributed by atoms with Crippen LogP contribution in [0.2, 0.25) is 0 Å². The molecule has 1 N–H and O–H groups in total. The van der Waals surface area contributed by atoms with Gasteiger partial charge in [-0.1, -0.05) is 42.2 Å². The topological polar surface area (TPSA) is 49.8 Å². The van der Waals surface area contributed by atoms with Gasteiger partial charge in [0, 0.05) is 13.1 Å². The van der Waals surface area contributed by atoms with E-state index in [4.69, 9.17) is 9.84 Å². The monoisotopic (exact) mass is 273 g/mol. The summed E-state index contributed by atoms with van der Waals surface area (Å²) in [5.74, 6) is 5.16. The molecule has 1 aliphatic rings. The number of rotatable bonds is 4. The highest BCUT2D eigenvalue weighted by Crippen LogP contribution is 2.18. The Bertz CT molecular complexity index is 483. The lowest BCUT2D eigenvalue weighted by Gasteiger charge is -2.24. The van der Waals surface area contributed by atoms with Crippen molar-refractivity contribution in [1.29, 1.82) is 0 Å². The molecular weight excluding hydrogens is 254 g/mol. The summed E-state index contributed by atoms with van der Waals surface area (Å²) >= 11 is 0. The van der Waals surface area contributed by atoms with Crippen molar-refractivity contribution in [2.75, 3.05) is 32.8 Å². The first-order valence-corrected chi connectivity index (χ1v) is 6.81. The molecule has 4 heteroatoms. The molecule has 0 aromatic heterocycles. The van der Waals surface area contributed by atoms with E-state index in [1.807, 2.05) is 30.3 Å². The van der Waals surface area contributed by atoms with Crippen molar-refractivity contribution in [3.05, 3.63) is 35.9 Å². The maximum Gasteiger partial charge on any atom is 0.304 e. The van der Waals surface area contributed by atoms with Crippen LogP contribution in [-0.4, -0.2) is 48.8 Å². The van der Waals surface area contributed by atoms with Crippen molar-refractivity contribution in [3.8, 4) is 11.8 Å². The Morgan fingerprint density at radius 2 is 2.00 bits per heavy atom. The van der Waals surface area contributed by atoms with E-state index in [1.54, 1.807) is 0 Å². The fraction of sp³-hybridized carbons (Fsp3) is 0.438. The van der Waals surface area contributed by atoms with Crippen LogP contribution in [0.1, 0.15) is 17.9 Å². The SMILES string of the molecule is O=C(O)CC(C#CCN1CCOCC1)c1ccccc1. The van der Waals surface area contributed by atoms with Gasteiger partial charge in [0.15, 0.2) is 0 Å². The first kappa shape index (κ1) is 14.6. The Balaban J connectivity index is 1.99. The molecule has 0 radical (unpaired) electrons. The van der Waals surface area contributed by atoms with Crippen LogP contribution < -0.4 is 0 Å². The summed E-state index contributed by atoms with van der Waals surface area (Å²) in [6.07, 6.45) is 0.0418. The molecular formula is C16H19NO3. The number of hydrogen-bond acceptors (Lipinski definition) is 3. The van der Waals surface area contributed by atoms with E-state index in [-0.39, 0.29) is 12.3 Å². The largest absolute Gasteiger partial charge is 0.481 e. The molecule has 1 saturated heterocycles. The van der Waals surface area contributed by atoms with Crippen LogP contribution >= 0.6 is 0 Å². The number of benzene rings is 1. The van der Waals surface area contributed by atoms with Crippen LogP contribution in [0, 0.1) is 11.8 Å². The van der Waals surface area contributed by atoms with Gasteiger partial charge in [-0.3, -0.25) is 9.69 Å². The van der Waals surface area contributed by atoms with Gasteiger partial charge in [0.2, 0.25) is 0 Å². The molecule has 0 amide bonds. The van der Waals surface area contributed by atoms with E-state index in [9.17, 15) is 4.79 Å². The Morgan fingerprint density at radius 1 is 1.30 bits per heavy atom. The zero-order valence-electron chi connectivity index (χ0n) is 11.4. The maximum absolute atomic E-state index is 11.0.